The largest absolute Gasteiger partial charge is 0.480 e. The molecule has 0 spiro atoms. The molecule has 2 saturated heterocycles. The van der Waals surface area contributed by atoms with Crippen LogP contribution in [0.1, 0.15) is 26.2 Å². The number of rotatable bonds is 5. The molecule has 19 heavy (non-hydrogen) atoms. The normalized spacial score (nSPS) is 28.2. The number of carbonyl (C=O) groups is 1. The Hall–Kier alpha value is -0.650. The molecule has 2 aliphatic rings. The van der Waals surface area contributed by atoms with Crippen LogP contribution in [0.3, 0.4) is 0 Å². The highest BCUT2D eigenvalue weighted by atomic mass is 16.5. The number of nitrogens with zero attached hydrogens (tertiary/aromatic N) is 2. The summed E-state index contributed by atoms with van der Waals surface area (Å²) in [6.07, 6.45) is 3.04. The molecular formula is C14H26N2O3. The van der Waals surface area contributed by atoms with Gasteiger partial charge in [-0.15, -0.1) is 0 Å². The lowest BCUT2D eigenvalue weighted by atomic mass is 9.95. The van der Waals surface area contributed by atoms with Gasteiger partial charge in [-0.2, -0.15) is 0 Å². The summed E-state index contributed by atoms with van der Waals surface area (Å²) in [6.45, 7) is 8.64. The van der Waals surface area contributed by atoms with Gasteiger partial charge in [0.25, 0.3) is 0 Å². The smallest absolute Gasteiger partial charge is 0.320 e. The zero-order chi connectivity index (χ0) is 13.7. The Kier molecular flexibility index (Phi) is 5.60. The zero-order valence-corrected chi connectivity index (χ0v) is 11.9. The van der Waals surface area contributed by atoms with E-state index in [1.807, 2.05) is 6.92 Å². The van der Waals surface area contributed by atoms with Crippen molar-refractivity contribution in [2.45, 2.75) is 32.2 Å². The first-order valence-corrected chi connectivity index (χ1v) is 7.47. The van der Waals surface area contributed by atoms with Crippen molar-refractivity contribution in [1.82, 2.24) is 9.80 Å². The van der Waals surface area contributed by atoms with E-state index in [0.717, 1.165) is 52.4 Å². The molecule has 0 radical (unpaired) electrons. The molecule has 0 saturated carbocycles. The minimum Gasteiger partial charge on any atom is -0.480 e. The van der Waals surface area contributed by atoms with Crippen LogP contribution in [-0.2, 0) is 9.53 Å². The maximum Gasteiger partial charge on any atom is 0.320 e. The Labute approximate surface area is 115 Å². The Morgan fingerprint density at radius 3 is 2.74 bits per heavy atom. The molecule has 5 nitrogen and oxygen atoms in total. The molecule has 2 rings (SSSR count). The molecule has 0 aromatic rings. The Balaban J connectivity index is 1.83. The van der Waals surface area contributed by atoms with Crippen molar-refractivity contribution in [2.24, 2.45) is 5.92 Å². The van der Waals surface area contributed by atoms with Crippen LogP contribution >= 0.6 is 0 Å². The van der Waals surface area contributed by atoms with Crippen LogP contribution in [0.15, 0.2) is 0 Å². The van der Waals surface area contributed by atoms with Gasteiger partial charge in [-0.1, -0.05) is 6.92 Å². The number of carboxylic acids is 1. The van der Waals surface area contributed by atoms with Gasteiger partial charge in [0.05, 0.1) is 13.2 Å². The molecule has 0 aromatic heterocycles. The summed E-state index contributed by atoms with van der Waals surface area (Å²) in [6, 6.07) is -0.299. The number of ether oxygens (including phenoxy) is 1. The minimum absolute atomic E-state index is 0.299. The van der Waals surface area contributed by atoms with Crippen LogP contribution in [0.4, 0.5) is 0 Å². The Bertz CT molecular complexity index is 292. The molecule has 0 unspecified atom stereocenters. The van der Waals surface area contributed by atoms with E-state index in [1.165, 1.54) is 6.42 Å². The monoisotopic (exact) mass is 270 g/mol. The van der Waals surface area contributed by atoms with Crippen LogP contribution in [0.25, 0.3) is 0 Å². The van der Waals surface area contributed by atoms with E-state index in [1.54, 1.807) is 0 Å². The van der Waals surface area contributed by atoms with Gasteiger partial charge in [0.15, 0.2) is 0 Å². The number of carboxylic acid groups (broad SMARTS) is 1. The topological polar surface area (TPSA) is 53.0 Å². The number of hydrogen-bond acceptors (Lipinski definition) is 4. The second kappa shape index (κ2) is 7.22. The fourth-order valence-corrected chi connectivity index (χ4v) is 3.27. The van der Waals surface area contributed by atoms with Crippen LogP contribution < -0.4 is 0 Å². The standard InChI is InChI=1S/C14H26N2O3/c1-2-13(14(17)18)16-5-3-4-12(11-16)10-15-6-8-19-9-7-15/h12-13H,2-11H2,1H3,(H,17,18)/t12-,13-/m0/s1. The number of likely N-dealkylation sites (tertiary alicyclic amines) is 1. The van der Waals surface area contributed by atoms with E-state index < -0.39 is 5.97 Å². The second-order valence-corrected chi connectivity index (χ2v) is 5.68. The summed E-state index contributed by atoms with van der Waals surface area (Å²) < 4.78 is 5.37. The van der Waals surface area contributed by atoms with E-state index in [0.29, 0.717) is 12.3 Å². The minimum atomic E-state index is -0.672. The maximum absolute atomic E-state index is 11.3. The second-order valence-electron chi connectivity index (χ2n) is 5.68. The average Bonchev–Trinajstić information content (AvgIpc) is 2.41. The van der Waals surface area contributed by atoms with Gasteiger partial charge in [0, 0.05) is 26.2 Å². The fraction of sp³-hybridized carbons (Fsp3) is 0.929. The summed E-state index contributed by atoms with van der Waals surface area (Å²) in [5.74, 6) is -0.0604. The maximum atomic E-state index is 11.3. The van der Waals surface area contributed by atoms with Gasteiger partial charge in [0.2, 0.25) is 0 Å². The van der Waals surface area contributed by atoms with Crippen molar-refractivity contribution in [1.29, 1.82) is 0 Å². The van der Waals surface area contributed by atoms with Crippen LogP contribution in [0.2, 0.25) is 0 Å². The highest BCUT2D eigenvalue weighted by Gasteiger charge is 2.30. The van der Waals surface area contributed by atoms with E-state index in [2.05, 4.69) is 9.80 Å². The molecule has 2 atom stereocenters. The number of aliphatic carboxylic acids is 1. The van der Waals surface area contributed by atoms with Crippen LogP contribution in [0.5, 0.6) is 0 Å². The van der Waals surface area contributed by atoms with E-state index in [4.69, 9.17) is 4.74 Å². The van der Waals surface area contributed by atoms with Gasteiger partial charge in [-0.25, -0.2) is 0 Å². The van der Waals surface area contributed by atoms with Crippen molar-refractivity contribution < 1.29 is 14.6 Å². The first kappa shape index (κ1) is 14.8. The van der Waals surface area contributed by atoms with E-state index >= 15 is 0 Å². The lowest BCUT2D eigenvalue weighted by molar-refractivity contribution is -0.144. The summed E-state index contributed by atoms with van der Waals surface area (Å²) >= 11 is 0. The van der Waals surface area contributed by atoms with Crippen LogP contribution in [0, 0.1) is 5.92 Å². The van der Waals surface area contributed by atoms with Gasteiger partial charge in [-0.05, 0) is 31.7 Å². The highest BCUT2D eigenvalue weighted by Crippen LogP contribution is 2.21. The van der Waals surface area contributed by atoms with Crippen molar-refractivity contribution in [3.05, 3.63) is 0 Å². The lowest BCUT2D eigenvalue weighted by Gasteiger charge is -2.38. The van der Waals surface area contributed by atoms with Crippen LogP contribution in [-0.4, -0.2) is 72.9 Å². The molecule has 0 bridgehead atoms. The summed E-state index contributed by atoms with van der Waals surface area (Å²) in [5, 5.41) is 9.26. The third kappa shape index (κ3) is 4.16. The molecule has 0 aromatic carbocycles. The Morgan fingerprint density at radius 2 is 2.11 bits per heavy atom. The first-order chi connectivity index (χ1) is 9.20. The molecular weight excluding hydrogens is 244 g/mol. The predicted octanol–water partition coefficient (Wildman–Crippen LogP) is 0.894. The SMILES string of the molecule is CC[C@@H](C(=O)O)N1CCC[C@@H](CN2CCOCC2)C1. The first-order valence-electron chi connectivity index (χ1n) is 7.47. The van der Waals surface area contributed by atoms with Crippen molar-refractivity contribution in [3.63, 3.8) is 0 Å². The predicted molar refractivity (Wildman–Crippen MR) is 73.3 cm³/mol. The molecule has 0 aliphatic carbocycles. The fourth-order valence-electron chi connectivity index (χ4n) is 3.27. The average molecular weight is 270 g/mol. The van der Waals surface area contributed by atoms with Crippen molar-refractivity contribution in [2.75, 3.05) is 45.9 Å². The molecule has 2 fully saturated rings. The third-order valence-corrected chi connectivity index (χ3v) is 4.28. The quantitative estimate of drug-likeness (QED) is 0.804. The molecule has 110 valence electrons. The highest BCUT2D eigenvalue weighted by molar-refractivity contribution is 5.73. The number of morpholine rings is 1. The molecule has 1 N–H and O–H groups in total. The van der Waals surface area contributed by atoms with Gasteiger partial charge >= 0.3 is 5.97 Å². The van der Waals surface area contributed by atoms with E-state index in [9.17, 15) is 9.90 Å². The third-order valence-electron chi connectivity index (χ3n) is 4.28. The summed E-state index contributed by atoms with van der Waals surface area (Å²) in [7, 11) is 0. The molecule has 5 heteroatoms. The van der Waals surface area contributed by atoms with E-state index in [-0.39, 0.29) is 6.04 Å². The van der Waals surface area contributed by atoms with Crippen molar-refractivity contribution >= 4 is 5.97 Å². The Morgan fingerprint density at radius 1 is 1.37 bits per heavy atom. The molecule has 2 aliphatic heterocycles. The summed E-state index contributed by atoms with van der Waals surface area (Å²) in [5.41, 5.74) is 0. The number of hydrogen-bond donors (Lipinski definition) is 1. The molecule has 0 amide bonds. The lowest BCUT2D eigenvalue weighted by Crippen LogP contribution is -2.49. The van der Waals surface area contributed by atoms with Gasteiger partial charge < -0.3 is 9.84 Å². The molecule has 2 heterocycles. The van der Waals surface area contributed by atoms with Gasteiger partial charge in [-0.3, -0.25) is 14.6 Å². The van der Waals surface area contributed by atoms with Crippen molar-refractivity contribution in [3.8, 4) is 0 Å². The zero-order valence-electron chi connectivity index (χ0n) is 11.9. The summed E-state index contributed by atoms with van der Waals surface area (Å²) in [4.78, 5) is 15.9. The van der Waals surface area contributed by atoms with Gasteiger partial charge in [0.1, 0.15) is 6.04 Å². The number of piperidine rings is 1.